The standard InChI is InChI=1S/C17H27N3O.ClH/c1-13-5-7-15(8-6-13)11-19-17(21)12-20-9-3-4-14(2)16(20)10-18;/h5-8,14,16H,3-4,9-12,18H2,1-2H3,(H,19,21);1H. The molecule has 4 nitrogen and oxygen atoms in total. The average molecular weight is 326 g/mol. The first-order valence-corrected chi connectivity index (χ1v) is 7.86. The van der Waals surface area contributed by atoms with E-state index >= 15 is 0 Å². The Hall–Kier alpha value is -1.10. The Bertz CT molecular complexity index is 463. The summed E-state index contributed by atoms with van der Waals surface area (Å²) in [4.78, 5) is 14.4. The molecule has 1 amide bonds. The van der Waals surface area contributed by atoms with E-state index in [9.17, 15) is 4.79 Å². The average Bonchev–Trinajstić information content (AvgIpc) is 2.47. The molecule has 5 heteroatoms. The number of nitrogens with zero attached hydrogens (tertiary/aromatic N) is 1. The van der Waals surface area contributed by atoms with E-state index in [2.05, 4.69) is 48.3 Å². The summed E-state index contributed by atoms with van der Waals surface area (Å²) >= 11 is 0. The summed E-state index contributed by atoms with van der Waals surface area (Å²) in [7, 11) is 0. The first-order valence-electron chi connectivity index (χ1n) is 7.86. The van der Waals surface area contributed by atoms with Crippen molar-refractivity contribution < 1.29 is 4.79 Å². The lowest BCUT2D eigenvalue weighted by Gasteiger charge is -2.38. The first kappa shape index (κ1) is 18.9. The largest absolute Gasteiger partial charge is 0.351 e. The van der Waals surface area contributed by atoms with Gasteiger partial charge >= 0.3 is 0 Å². The third-order valence-corrected chi connectivity index (χ3v) is 4.43. The summed E-state index contributed by atoms with van der Waals surface area (Å²) in [5, 5.41) is 3.00. The van der Waals surface area contributed by atoms with Gasteiger partial charge in [0.1, 0.15) is 0 Å². The minimum atomic E-state index is 0. The SMILES string of the molecule is Cc1ccc(CNC(=O)CN2CCCC(C)C2CN)cc1.Cl. The van der Waals surface area contributed by atoms with Crippen LogP contribution in [-0.4, -0.2) is 36.5 Å². The third-order valence-electron chi connectivity index (χ3n) is 4.43. The van der Waals surface area contributed by atoms with Crippen molar-refractivity contribution in [3.8, 4) is 0 Å². The van der Waals surface area contributed by atoms with Gasteiger partial charge in [0.15, 0.2) is 0 Å². The number of aryl methyl sites for hydroxylation is 1. The van der Waals surface area contributed by atoms with Gasteiger partial charge in [0.05, 0.1) is 6.54 Å². The highest BCUT2D eigenvalue weighted by molar-refractivity contribution is 5.85. The van der Waals surface area contributed by atoms with E-state index in [1.807, 2.05) is 0 Å². The molecule has 0 aromatic heterocycles. The fraction of sp³-hybridized carbons (Fsp3) is 0.588. The van der Waals surface area contributed by atoms with Crippen molar-refractivity contribution in [2.45, 2.75) is 39.3 Å². The fourth-order valence-corrected chi connectivity index (χ4v) is 3.06. The summed E-state index contributed by atoms with van der Waals surface area (Å²) in [6, 6.07) is 8.59. The maximum atomic E-state index is 12.1. The monoisotopic (exact) mass is 325 g/mol. The van der Waals surface area contributed by atoms with Crippen LogP contribution in [0.25, 0.3) is 0 Å². The van der Waals surface area contributed by atoms with Crippen molar-refractivity contribution in [1.29, 1.82) is 0 Å². The summed E-state index contributed by atoms with van der Waals surface area (Å²) < 4.78 is 0. The van der Waals surface area contributed by atoms with E-state index in [0.717, 1.165) is 18.5 Å². The molecule has 0 radical (unpaired) electrons. The van der Waals surface area contributed by atoms with Crippen molar-refractivity contribution in [3.63, 3.8) is 0 Å². The highest BCUT2D eigenvalue weighted by Crippen LogP contribution is 2.22. The van der Waals surface area contributed by atoms with Gasteiger partial charge in [-0.05, 0) is 37.8 Å². The molecule has 1 heterocycles. The molecule has 3 N–H and O–H groups in total. The zero-order valence-electron chi connectivity index (χ0n) is 13.5. The molecule has 2 unspecified atom stereocenters. The van der Waals surface area contributed by atoms with Gasteiger partial charge in [0.25, 0.3) is 0 Å². The lowest BCUT2D eigenvalue weighted by molar-refractivity contribution is -0.123. The molecule has 22 heavy (non-hydrogen) atoms. The number of halogens is 1. The number of hydrogen-bond donors (Lipinski definition) is 2. The molecule has 0 aliphatic carbocycles. The quantitative estimate of drug-likeness (QED) is 0.871. The van der Waals surface area contributed by atoms with Gasteiger partial charge in [-0.15, -0.1) is 12.4 Å². The van der Waals surface area contributed by atoms with Crippen molar-refractivity contribution in [2.75, 3.05) is 19.6 Å². The Morgan fingerprint density at radius 2 is 2.05 bits per heavy atom. The van der Waals surface area contributed by atoms with Crippen LogP contribution in [0.2, 0.25) is 0 Å². The number of carbonyl (C=O) groups is 1. The number of likely N-dealkylation sites (tertiary alicyclic amines) is 1. The Morgan fingerprint density at radius 3 is 2.68 bits per heavy atom. The second-order valence-electron chi connectivity index (χ2n) is 6.16. The van der Waals surface area contributed by atoms with Crippen molar-refractivity contribution >= 4 is 18.3 Å². The van der Waals surface area contributed by atoms with Crippen molar-refractivity contribution in [3.05, 3.63) is 35.4 Å². The molecule has 2 rings (SSSR count). The van der Waals surface area contributed by atoms with Crippen LogP contribution in [0.5, 0.6) is 0 Å². The topological polar surface area (TPSA) is 58.4 Å². The molecule has 1 aliphatic heterocycles. The number of amides is 1. The van der Waals surface area contributed by atoms with Crippen LogP contribution in [0.1, 0.15) is 30.9 Å². The molecule has 2 atom stereocenters. The number of carbonyl (C=O) groups excluding carboxylic acids is 1. The molecular weight excluding hydrogens is 298 g/mol. The molecule has 124 valence electrons. The summed E-state index contributed by atoms with van der Waals surface area (Å²) in [5.41, 5.74) is 8.24. The second kappa shape index (κ2) is 9.13. The molecule has 0 saturated carbocycles. The third kappa shape index (κ3) is 5.27. The van der Waals surface area contributed by atoms with Gasteiger partial charge in [-0.2, -0.15) is 0 Å². The van der Waals surface area contributed by atoms with Crippen LogP contribution >= 0.6 is 12.4 Å². The Kier molecular flexibility index (Phi) is 7.87. The number of nitrogens with two attached hydrogens (primary N) is 1. The highest BCUT2D eigenvalue weighted by atomic mass is 35.5. The van der Waals surface area contributed by atoms with Crippen LogP contribution in [0.3, 0.4) is 0 Å². The molecular formula is C17H28ClN3O. The highest BCUT2D eigenvalue weighted by Gasteiger charge is 2.28. The van der Waals surface area contributed by atoms with Crippen LogP contribution in [0.4, 0.5) is 0 Å². The van der Waals surface area contributed by atoms with Crippen LogP contribution < -0.4 is 11.1 Å². The van der Waals surface area contributed by atoms with E-state index in [0.29, 0.717) is 31.6 Å². The molecule has 1 aromatic carbocycles. The predicted octanol–water partition coefficient (Wildman–Crippen LogP) is 2.09. The molecule has 0 spiro atoms. The van der Waals surface area contributed by atoms with E-state index in [1.54, 1.807) is 0 Å². The van der Waals surface area contributed by atoms with E-state index in [-0.39, 0.29) is 18.3 Å². The van der Waals surface area contributed by atoms with Gasteiger partial charge in [-0.25, -0.2) is 0 Å². The Morgan fingerprint density at radius 1 is 1.36 bits per heavy atom. The van der Waals surface area contributed by atoms with Gasteiger partial charge in [0, 0.05) is 19.1 Å². The van der Waals surface area contributed by atoms with Crippen LogP contribution in [-0.2, 0) is 11.3 Å². The fourth-order valence-electron chi connectivity index (χ4n) is 3.06. The number of hydrogen-bond acceptors (Lipinski definition) is 3. The Labute approximate surface area is 139 Å². The van der Waals surface area contributed by atoms with Crippen molar-refractivity contribution in [2.24, 2.45) is 11.7 Å². The zero-order chi connectivity index (χ0) is 15.2. The lowest BCUT2D eigenvalue weighted by atomic mass is 9.91. The number of nitrogens with one attached hydrogen (secondary N) is 1. The smallest absolute Gasteiger partial charge is 0.234 e. The van der Waals surface area contributed by atoms with Crippen molar-refractivity contribution in [1.82, 2.24) is 10.2 Å². The maximum absolute atomic E-state index is 12.1. The second-order valence-corrected chi connectivity index (χ2v) is 6.16. The Balaban J connectivity index is 0.00000242. The molecule has 1 saturated heterocycles. The number of benzene rings is 1. The molecule has 1 aromatic rings. The predicted molar refractivity (Wildman–Crippen MR) is 93.1 cm³/mol. The van der Waals surface area contributed by atoms with Crippen LogP contribution in [0.15, 0.2) is 24.3 Å². The van der Waals surface area contributed by atoms with E-state index in [4.69, 9.17) is 5.73 Å². The number of rotatable bonds is 5. The van der Waals surface area contributed by atoms with Gasteiger partial charge < -0.3 is 11.1 Å². The van der Waals surface area contributed by atoms with E-state index < -0.39 is 0 Å². The van der Waals surface area contributed by atoms with Gasteiger partial charge in [0.2, 0.25) is 5.91 Å². The summed E-state index contributed by atoms with van der Waals surface area (Å²) in [5.74, 6) is 0.664. The minimum Gasteiger partial charge on any atom is -0.351 e. The van der Waals surface area contributed by atoms with E-state index in [1.165, 1.54) is 12.0 Å². The summed E-state index contributed by atoms with van der Waals surface area (Å²) in [6.45, 7) is 6.95. The first-order chi connectivity index (χ1) is 10.1. The normalized spacial score (nSPS) is 22.0. The lowest BCUT2D eigenvalue weighted by Crippen LogP contribution is -2.51. The van der Waals surface area contributed by atoms with Gasteiger partial charge in [-0.1, -0.05) is 36.8 Å². The molecule has 1 fully saturated rings. The zero-order valence-corrected chi connectivity index (χ0v) is 14.4. The number of piperidine rings is 1. The maximum Gasteiger partial charge on any atom is 0.234 e. The molecule has 1 aliphatic rings. The summed E-state index contributed by atoms with van der Waals surface area (Å²) in [6.07, 6.45) is 2.37. The van der Waals surface area contributed by atoms with Crippen LogP contribution in [0, 0.1) is 12.8 Å². The minimum absolute atomic E-state index is 0. The van der Waals surface area contributed by atoms with Gasteiger partial charge in [-0.3, -0.25) is 9.69 Å². The molecule has 0 bridgehead atoms.